The van der Waals surface area contributed by atoms with Gasteiger partial charge in [-0.2, -0.15) is 4.98 Å². The molecule has 0 unspecified atom stereocenters. The van der Waals surface area contributed by atoms with E-state index in [1.165, 1.54) is 0 Å². The van der Waals surface area contributed by atoms with Gasteiger partial charge in [-0.3, -0.25) is 0 Å². The Hall–Kier alpha value is -1.77. The molecule has 21 heavy (non-hydrogen) atoms. The van der Waals surface area contributed by atoms with Crippen LogP contribution in [0, 0.1) is 6.92 Å². The minimum atomic E-state index is -3.53. The topological polar surface area (TPSA) is 97.1 Å². The van der Waals surface area contributed by atoms with Crippen molar-refractivity contribution in [3.05, 3.63) is 41.5 Å². The van der Waals surface area contributed by atoms with Crippen LogP contribution in [0.25, 0.3) is 0 Å². The van der Waals surface area contributed by atoms with Crippen LogP contribution in [0.3, 0.4) is 0 Å². The molecule has 8 heteroatoms. The molecule has 0 atom stereocenters. The molecule has 1 aromatic carbocycles. The Bertz CT molecular complexity index is 697. The van der Waals surface area contributed by atoms with Crippen LogP contribution in [0.4, 0.5) is 0 Å². The highest BCUT2D eigenvalue weighted by molar-refractivity contribution is 7.89. The fraction of sp³-hybridized carbons (Fsp3) is 0.385. The number of benzene rings is 1. The second-order valence-corrected chi connectivity index (χ2v) is 6.33. The number of aryl methyl sites for hydroxylation is 1. The van der Waals surface area contributed by atoms with Gasteiger partial charge in [-0.1, -0.05) is 17.3 Å². The van der Waals surface area contributed by atoms with E-state index in [9.17, 15) is 8.42 Å². The van der Waals surface area contributed by atoms with E-state index in [1.807, 2.05) is 13.1 Å². The second-order valence-electron chi connectivity index (χ2n) is 4.56. The molecule has 0 spiro atoms. The van der Waals surface area contributed by atoms with Crippen LogP contribution in [0.5, 0.6) is 0 Å². The quantitative estimate of drug-likeness (QED) is 0.778. The summed E-state index contributed by atoms with van der Waals surface area (Å²) in [5.41, 5.74) is 0.910. The van der Waals surface area contributed by atoms with Gasteiger partial charge in [0.2, 0.25) is 15.9 Å². The molecule has 2 N–H and O–H groups in total. The summed E-state index contributed by atoms with van der Waals surface area (Å²) in [5.74, 6) is 0.951. The lowest BCUT2D eigenvalue weighted by Crippen LogP contribution is -2.26. The first kappa shape index (κ1) is 15.6. The molecule has 1 heterocycles. The van der Waals surface area contributed by atoms with Crippen LogP contribution < -0.4 is 10.0 Å². The van der Waals surface area contributed by atoms with Gasteiger partial charge in [0, 0.05) is 19.5 Å². The molecule has 1 aromatic heterocycles. The number of nitrogens with zero attached hydrogens (tertiary/aromatic N) is 2. The van der Waals surface area contributed by atoms with E-state index in [4.69, 9.17) is 4.52 Å². The lowest BCUT2D eigenvalue weighted by atomic mass is 10.2. The molecule has 7 nitrogen and oxygen atoms in total. The predicted molar refractivity (Wildman–Crippen MR) is 77.1 cm³/mol. The molecule has 0 fully saturated rings. The van der Waals surface area contributed by atoms with E-state index in [0.717, 1.165) is 5.56 Å². The van der Waals surface area contributed by atoms with Gasteiger partial charge >= 0.3 is 0 Å². The average Bonchev–Trinajstić information content (AvgIpc) is 2.85. The SMILES string of the molecule is CNCc1cccc(S(=O)(=O)NCCc2nc(C)no2)c1. The average molecular weight is 310 g/mol. The Morgan fingerprint density at radius 1 is 1.33 bits per heavy atom. The highest BCUT2D eigenvalue weighted by atomic mass is 32.2. The second kappa shape index (κ2) is 6.79. The summed E-state index contributed by atoms with van der Waals surface area (Å²) in [6.07, 6.45) is 0.357. The number of rotatable bonds is 7. The van der Waals surface area contributed by atoms with E-state index in [1.54, 1.807) is 25.1 Å². The normalized spacial score (nSPS) is 11.7. The Morgan fingerprint density at radius 3 is 2.81 bits per heavy atom. The first-order valence-corrected chi connectivity index (χ1v) is 8.02. The summed E-state index contributed by atoms with van der Waals surface area (Å²) in [6, 6.07) is 6.81. The van der Waals surface area contributed by atoms with E-state index >= 15 is 0 Å². The van der Waals surface area contributed by atoms with Crippen molar-refractivity contribution >= 4 is 10.0 Å². The molecular weight excluding hydrogens is 292 g/mol. The molecule has 0 saturated carbocycles. The molecule has 0 saturated heterocycles. The minimum absolute atomic E-state index is 0.209. The largest absolute Gasteiger partial charge is 0.339 e. The van der Waals surface area contributed by atoms with Crippen LogP contribution in [-0.4, -0.2) is 32.2 Å². The maximum absolute atomic E-state index is 12.2. The summed E-state index contributed by atoms with van der Waals surface area (Å²) >= 11 is 0. The molecule has 0 amide bonds. The Labute approximate surface area is 123 Å². The molecule has 0 radical (unpaired) electrons. The van der Waals surface area contributed by atoms with Gasteiger partial charge in [-0.15, -0.1) is 0 Å². The third-order valence-electron chi connectivity index (χ3n) is 2.79. The number of hydrogen-bond donors (Lipinski definition) is 2. The van der Waals surface area contributed by atoms with Crippen molar-refractivity contribution in [2.75, 3.05) is 13.6 Å². The summed E-state index contributed by atoms with van der Waals surface area (Å²) in [7, 11) is -1.72. The van der Waals surface area contributed by atoms with E-state index in [-0.39, 0.29) is 11.4 Å². The molecule has 0 aliphatic carbocycles. The summed E-state index contributed by atoms with van der Waals surface area (Å²) < 4.78 is 31.8. The van der Waals surface area contributed by atoms with Crippen LogP contribution in [0.1, 0.15) is 17.3 Å². The van der Waals surface area contributed by atoms with Gasteiger partial charge in [0.25, 0.3) is 0 Å². The lowest BCUT2D eigenvalue weighted by Gasteiger charge is -2.07. The van der Waals surface area contributed by atoms with E-state index in [2.05, 4.69) is 20.2 Å². The molecule has 2 rings (SSSR count). The van der Waals surface area contributed by atoms with Gasteiger partial charge in [0.15, 0.2) is 5.82 Å². The summed E-state index contributed by atoms with van der Waals surface area (Å²) in [4.78, 5) is 4.27. The highest BCUT2D eigenvalue weighted by Crippen LogP contribution is 2.11. The fourth-order valence-electron chi connectivity index (χ4n) is 1.84. The smallest absolute Gasteiger partial charge is 0.240 e. The fourth-order valence-corrected chi connectivity index (χ4v) is 2.95. The Kier molecular flexibility index (Phi) is 5.05. The summed E-state index contributed by atoms with van der Waals surface area (Å²) in [6.45, 7) is 2.54. The zero-order chi connectivity index (χ0) is 15.3. The van der Waals surface area contributed by atoms with Crippen LogP contribution >= 0.6 is 0 Å². The van der Waals surface area contributed by atoms with Crippen molar-refractivity contribution in [1.82, 2.24) is 20.2 Å². The van der Waals surface area contributed by atoms with Crippen molar-refractivity contribution < 1.29 is 12.9 Å². The standard InChI is InChI=1S/C13H18N4O3S/c1-10-16-13(20-17-10)6-7-15-21(18,19)12-5-3-4-11(8-12)9-14-2/h3-5,8,14-15H,6-7,9H2,1-2H3. The summed E-state index contributed by atoms with van der Waals surface area (Å²) in [5, 5.41) is 6.64. The van der Waals surface area contributed by atoms with Gasteiger partial charge in [0.05, 0.1) is 4.90 Å². The number of sulfonamides is 1. The van der Waals surface area contributed by atoms with Crippen molar-refractivity contribution in [3.8, 4) is 0 Å². The molecule has 0 aliphatic rings. The van der Waals surface area contributed by atoms with Gasteiger partial charge < -0.3 is 9.84 Å². The Morgan fingerprint density at radius 2 is 2.14 bits per heavy atom. The molecular formula is C13H18N4O3S. The monoisotopic (exact) mass is 310 g/mol. The van der Waals surface area contributed by atoms with Crippen molar-refractivity contribution in [1.29, 1.82) is 0 Å². The lowest BCUT2D eigenvalue weighted by molar-refractivity contribution is 0.375. The predicted octanol–water partition coefficient (Wildman–Crippen LogP) is 0.618. The van der Waals surface area contributed by atoms with Crippen molar-refractivity contribution in [3.63, 3.8) is 0 Å². The number of aromatic nitrogens is 2. The first-order chi connectivity index (χ1) is 10.0. The number of hydrogen-bond acceptors (Lipinski definition) is 6. The Balaban J connectivity index is 1.99. The van der Waals surface area contributed by atoms with Crippen molar-refractivity contribution in [2.45, 2.75) is 24.8 Å². The van der Waals surface area contributed by atoms with Crippen molar-refractivity contribution in [2.24, 2.45) is 0 Å². The third-order valence-corrected chi connectivity index (χ3v) is 4.25. The first-order valence-electron chi connectivity index (χ1n) is 6.53. The zero-order valence-corrected chi connectivity index (χ0v) is 12.8. The molecule has 0 bridgehead atoms. The molecule has 2 aromatic rings. The van der Waals surface area contributed by atoms with E-state index < -0.39 is 10.0 Å². The van der Waals surface area contributed by atoms with Crippen LogP contribution in [-0.2, 0) is 23.0 Å². The third kappa shape index (κ3) is 4.35. The maximum atomic E-state index is 12.2. The van der Waals surface area contributed by atoms with E-state index in [0.29, 0.717) is 24.7 Å². The maximum Gasteiger partial charge on any atom is 0.240 e. The highest BCUT2D eigenvalue weighted by Gasteiger charge is 2.14. The van der Waals surface area contributed by atoms with Gasteiger partial charge in [-0.05, 0) is 31.7 Å². The molecule has 114 valence electrons. The minimum Gasteiger partial charge on any atom is -0.339 e. The number of nitrogens with one attached hydrogen (secondary N) is 2. The van der Waals surface area contributed by atoms with Crippen LogP contribution in [0.2, 0.25) is 0 Å². The zero-order valence-electron chi connectivity index (χ0n) is 12.0. The van der Waals surface area contributed by atoms with Crippen LogP contribution in [0.15, 0.2) is 33.7 Å². The molecule has 0 aliphatic heterocycles. The van der Waals surface area contributed by atoms with Gasteiger partial charge in [-0.25, -0.2) is 13.1 Å². The van der Waals surface area contributed by atoms with Gasteiger partial charge in [0.1, 0.15) is 0 Å².